The van der Waals surface area contributed by atoms with Crippen molar-refractivity contribution in [3.05, 3.63) is 0 Å². The van der Waals surface area contributed by atoms with Crippen LogP contribution in [0.3, 0.4) is 0 Å². The Kier molecular flexibility index (Phi) is 4.80. The third kappa shape index (κ3) is 3.24. The molecule has 0 aliphatic carbocycles. The van der Waals surface area contributed by atoms with Crippen LogP contribution in [0.2, 0.25) is 0 Å². The Morgan fingerprint density at radius 1 is 1.69 bits per heavy atom. The fourth-order valence-electron chi connectivity index (χ4n) is 1.50. The molecule has 1 aliphatic heterocycles. The molecular weight excluding hydrogens is 210 g/mol. The normalized spacial score (nSPS) is 20.9. The maximum Gasteiger partial charge on any atom is 0.329 e. The van der Waals surface area contributed by atoms with E-state index >= 15 is 0 Å². The zero-order chi connectivity index (χ0) is 12.0. The minimum Gasteiger partial charge on any atom is -0.467 e. The first-order chi connectivity index (χ1) is 7.69. The highest BCUT2D eigenvalue weighted by Crippen LogP contribution is 2.12. The molecule has 16 heavy (non-hydrogen) atoms. The zero-order valence-electron chi connectivity index (χ0n) is 9.19. The molecular formula is C11H15NO4. The number of esters is 1. The molecule has 5 nitrogen and oxygen atoms in total. The van der Waals surface area contributed by atoms with E-state index < -0.39 is 18.1 Å². The molecule has 1 amide bonds. The minimum atomic E-state index is -0.785. The van der Waals surface area contributed by atoms with E-state index in [1.807, 2.05) is 0 Å². The van der Waals surface area contributed by atoms with E-state index in [1.165, 1.54) is 7.11 Å². The van der Waals surface area contributed by atoms with Crippen LogP contribution in [-0.4, -0.2) is 37.7 Å². The minimum absolute atomic E-state index is 0.116. The van der Waals surface area contributed by atoms with Gasteiger partial charge in [0.25, 0.3) is 0 Å². The molecule has 1 saturated heterocycles. The maximum absolute atomic E-state index is 11.6. The Labute approximate surface area is 94.5 Å². The Bertz CT molecular complexity index is 302. The lowest BCUT2D eigenvalue weighted by molar-refractivity contribution is -0.146. The number of amides is 1. The smallest absolute Gasteiger partial charge is 0.329 e. The summed E-state index contributed by atoms with van der Waals surface area (Å²) < 4.78 is 9.73. The number of terminal acetylenes is 1. The van der Waals surface area contributed by atoms with Crippen molar-refractivity contribution in [1.82, 2.24) is 5.32 Å². The van der Waals surface area contributed by atoms with Gasteiger partial charge < -0.3 is 14.8 Å². The zero-order valence-corrected chi connectivity index (χ0v) is 9.19. The van der Waals surface area contributed by atoms with Gasteiger partial charge in [0.15, 0.2) is 0 Å². The van der Waals surface area contributed by atoms with Gasteiger partial charge in [0.2, 0.25) is 5.91 Å². The molecule has 1 rings (SSSR count). The summed E-state index contributed by atoms with van der Waals surface area (Å²) in [5.74, 6) is 1.48. The van der Waals surface area contributed by atoms with Gasteiger partial charge in [-0.3, -0.25) is 4.79 Å². The van der Waals surface area contributed by atoms with Gasteiger partial charge in [-0.15, -0.1) is 12.3 Å². The molecule has 0 unspecified atom stereocenters. The number of hydrogen-bond acceptors (Lipinski definition) is 4. The van der Waals surface area contributed by atoms with Crippen LogP contribution in [0.1, 0.15) is 19.3 Å². The van der Waals surface area contributed by atoms with Gasteiger partial charge in [0.05, 0.1) is 7.11 Å². The number of rotatable bonds is 4. The molecule has 5 heteroatoms. The van der Waals surface area contributed by atoms with E-state index in [2.05, 4.69) is 16.0 Å². The topological polar surface area (TPSA) is 64.6 Å². The van der Waals surface area contributed by atoms with E-state index in [4.69, 9.17) is 11.2 Å². The van der Waals surface area contributed by atoms with Crippen LogP contribution in [0.4, 0.5) is 0 Å². The van der Waals surface area contributed by atoms with Crippen molar-refractivity contribution >= 4 is 11.9 Å². The van der Waals surface area contributed by atoms with E-state index in [1.54, 1.807) is 0 Å². The lowest BCUT2D eigenvalue weighted by Crippen LogP contribution is -2.45. The van der Waals surface area contributed by atoms with Crippen molar-refractivity contribution in [2.75, 3.05) is 13.7 Å². The average Bonchev–Trinajstić information content (AvgIpc) is 2.80. The van der Waals surface area contributed by atoms with Gasteiger partial charge in [-0.1, -0.05) is 0 Å². The van der Waals surface area contributed by atoms with E-state index in [-0.39, 0.29) is 12.3 Å². The van der Waals surface area contributed by atoms with Crippen molar-refractivity contribution < 1.29 is 19.1 Å². The molecule has 0 aromatic rings. The summed E-state index contributed by atoms with van der Waals surface area (Å²) in [5.41, 5.74) is 0. The molecule has 1 heterocycles. The van der Waals surface area contributed by atoms with E-state index in [0.29, 0.717) is 13.0 Å². The second-order valence-electron chi connectivity index (χ2n) is 3.49. The van der Waals surface area contributed by atoms with Crippen molar-refractivity contribution in [3.8, 4) is 12.3 Å². The van der Waals surface area contributed by atoms with Crippen molar-refractivity contribution in [2.45, 2.75) is 31.4 Å². The molecule has 0 spiro atoms. The quantitative estimate of drug-likeness (QED) is 0.533. The number of hydrogen-bond donors (Lipinski definition) is 1. The summed E-state index contributed by atoms with van der Waals surface area (Å²) in [7, 11) is 1.25. The van der Waals surface area contributed by atoms with Crippen LogP contribution in [0.5, 0.6) is 0 Å². The molecule has 1 aliphatic rings. The van der Waals surface area contributed by atoms with Crippen molar-refractivity contribution in [1.29, 1.82) is 0 Å². The molecule has 2 atom stereocenters. The molecule has 0 bridgehead atoms. The summed E-state index contributed by atoms with van der Waals surface area (Å²) in [6.07, 6.45) is 6.29. The monoisotopic (exact) mass is 225 g/mol. The second-order valence-corrected chi connectivity index (χ2v) is 3.49. The van der Waals surface area contributed by atoms with Gasteiger partial charge in [0, 0.05) is 13.0 Å². The maximum atomic E-state index is 11.6. The first kappa shape index (κ1) is 12.5. The number of ether oxygens (including phenoxy) is 2. The van der Waals surface area contributed by atoms with E-state index in [0.717, 1.165) is 6.42 Å². The molecule has 1 fully saturated rings. The van der Waals surface area contributed by atoms with Gasteiger partial charge in [-0.25, -0.2) is 4.79 Å². The number of carbonyl (C=O) groups is 2. The number of methoxy groups -OCH3 is 1. The molecule has 0 aromatic carbocycles. The summed E-state index contributed by atoms with van der Waals surface area (Å²) >= 11 is 0. The van der Waals surface area contributed by atoms with Crippen LogP contribution < -0.4 is 5.32 Å². The Morgan fingerprint density at radius 2 is 2.44 bits per heavy atom. The van der Waals surface area contributed by atoms with Crippen LogP contribution in [0.25, 0.3) is 0 Å². The van der Waals surface area contributed by atoms with Crippen molar-refractivity contribution in [3.63, 3.8) is 0 Å². The van der Waals surface area contributed by atoms with Crippen LogP contribution in [-0.2, 0) is 19.1 Å². The SMILES string of the molecule is C#CC[C@H](NC(=O)[C@@H]1CCCO1)C(=O)OC. The predicted octanol–water partition coefficient (Wildman–Crippen LogP) is -0.154. The Hall–Kier alpha value is -1.54. The average molecular weight is 225 g/mol. The van der Waals surface area contributed by atoms with Gasteiger partial charge in [-0.2, -0.15) is 0 Å². The first-order valence-corrected chi connectivity index (χ1v) is 5.12. The highest BCUT2D eigenvalue weighted by Gasteiger charge is 2.28. The third-order valence-electron chi connectivity index (χ3n) is 2.35. The fourth-order valence-corrected chi connectivity index (χ4v) is 1.50. The predicted molar refractivity (Wildman–Crippen MR) is 56.4 cm³/mol. The fraction of sp³-hybridized carbons (Fsp3) is 0.636. The number of carbonyl (C=O) groups excluding carboxylic acids is 2. The van der Waals surface area contributed by atoms with E-state index in [9.17, 15) is 9.59 Å². The molecule has 0 radical (unpaired) electrons. The summed E-state index contributed by atoms with van der Waals surface area (Å²) in [6, 6.07) is -0.785. The largest absolute Gasteiger partial charge is 0.467 e. The lowest BCUT2D eigenvalue weighted by Gasteiger charge is -2.16. The molecule has 0 aromatic heterocycles. The highest BCUT2D eigenvalue weighted by molar-refractivity contribution is 5.87. The second kappa shape index (κ2) is 6.13. The Balaban J connectivity index is 2.50. The van der Waals surface area contributed by atoms with Crippen LogP contribution in [0, 0.1) is 12.3 Å². The summed E-state index contributed by atoms with van der Waals surface area (Å²) in [6.45, 7) is 0.579. The van der Waals surface area contributed by atoms with Crippen LogP contribution in [0.15, 0.2) is 0 Å². The molecule has 1 N–H and O–H groups in total. The standard InChI is InChI=1S/C11H15NO4/c1-3-5-8(11(14)15-2)12-10(13)9-6-4-7-16-9/h1,8-9H,4-7H2,2H3,(H,12,13)/t8-,9-/m0/s1. The molecule has 88 valence electrons. The van der Waals surface area contributed by atoms with Gasteiger partial charge >= 0.3 is 5.97 Å². The summed E-state index contributed by atoms with van der Waals surface area (Å²) in [5, 5.41) is 2.53. The lowest BCUT2D eigenvalue weighted by atomic mass is 10.2. The number of nitrogens with one attached hydrogen (secondary N) is 1. The van der Waals surface area contributed by atoms with Crippen molar-refractivity contribution in [2.24, 2.45) is 0 Å². The highest BCUT2D eigenvalue weighted by atomic mass is 16.5. The first-order valence-electron chi connectivity index (χ1n) is 5.12. The third-order valence-corrected chi connectivity index (χ3v) is 2.35. The van der Waals surface area contributed by atoms with Gasteiger partial charge in [0.1, 0.15) is 12.1 Å². The Morgan fingerprint density at radius 3 is 2.94 bits per heavy atom. The molecule has 0 saturated carbocycles. The summed E-state index contributed by atoms with van der Waals surface area (Å²) in [4.78, 5) is 22.9. The van der Waals surface area contributed by atoms with Gasteiger partial charge in [-0.05, 0) is 12.8 Å². The van der Waals surface area contributed by atoms with Crippen LogP contribution >= 0.6 is 0 Å².